The molecule has 3 rings (SSSR count). The van der Waals surface area contributed by atoms with E-state index in [1.807, 2.05) is 31.2 Å². The predicted octanol–water partition coefficient (Wildman–Crippen LogP) is 4.01. The van der Waals surface area contributed by atoms with Crippen LogP contribution in [0, 0.1) is 6.92 Å². The van der Waals surface area contributed by atoms with Crippen LogP contribution in [-0.2, 0) is 0 Å². The Morgan fingerprint density at radius 1 is 1.22 bits per heavy atom. The van der Waals surface area contributed by atoms with E-state index in [0.29, 0.717) is 35.6 Å². The van der Waals surface area contributed by atoms with Gasteiger partial charge in [-0.05, 0) is 31.9 Å². The number of hydrogen-bond donors (Lipinski definition) is 2. The molecule has 1 amide bonds. The normalized spacial score (nSPS) is 14.6. The first-order valence-electron chi connectivity index (χ1n) is 9.45. The minimum absolute atomic E-state index is 0.106. The minimum Gasteiger partial charge on any atom is -0.493 e. The number of nitrogens with zero attached hydrogens (tertiary/aromatic N) is 1. The van der Waals surface area contributed by atoms with Crippen LogP contribution in [0.25, 0.3) is 0 Å². The molecule has 1 aromatic carbocycles. The molecule has 0 bridgehead atoms. The van der Waals surface area contributed by atoms with Crippen LogP contribution in [0.1, 0.15) is 47.5 Å². The first kappa shape index (κ1) is 19.5. The number of carbonyl (C=O) groups excluding carboxylic acids is 1. The van der Waals surface area contributed by atoms with E-state index < -0.39 is 0 Å². The van der Waals surface area contributed by atoms with Gasteiger partial charge in [0.25, 0.3) is 5.91 Å². The van der Waals surface area contributed by atoms with E-state index in [1.165, 1.54) is 43.4 Å². The van der Waals surface area contributed by atoms with E-state index >= 15 is 0 Å². The highest BCUT2D eigenvalue weighted by Gasteiger charge is 2.18. The number of thiazole rings is 1. The Balaban J connectivity index is 1.47. The van der Waals surface area contributed by atoms with Crippen LogP contribution in [0.15, 0.2) is 24.3 Å². The highest BCUT2D eigenvalue weighted by molar-refractivity contribution is 7.17. The summed E-state index contributed by atoms with van der Waals surface area (Å²) in [6, 6.07) is 7.94. The maximum Gasteiger partial charge on any atom is 0.263 e. The van der Waals surface area contributed by atoms with Crippen molar-refractivity contribution < 1.29 is 14.3 Å². The molecule has 1 saturated carbocycles. The number of aromatic nitrogens is 1. The van der Waals surface area contributed by atoms with Gasteiger partial charge < -0.3 is 20.1 Å². The molecule has 146 valence electrons. The van der Waals surface area contributed by atoms with E-state index in [0.717, 1.165) is 10.8 Å². The van der Waals surface area contributed by atoms with Crippen LogP contribution < -0.4 is 20.1 Å². The molecular weight excluding hydrogens is 362 g/mol. The van der Waals surface area contributed by atoms with Crippen LogP contribution in [0.2, 0.25) is 0 Å². The number of rotatable bonds is 8. The second kappa shape index (κ2) is 9.60. The number of hydrogen-bond acceptors (Lipinski definition) is 6. The van der Waals surface area contributed by atoms with Crippen molar-refractivity contribution in [2.45, 2.75) is 45.1 Å². The fourth-order valence-corrected chi connectivity index (χ4v) is 4.19. The third-order valence-electron chi connectivity index (χ3n) is 4.65. The zero-order chi connectivity index (χ0) is 19.1. The summed E-state index contributed by atoms with van der Waals surface area (Å²) < 4.78 is 10.9. The molecule has 27 heavy (non-hydrogen) atoms. The van der Waals surface area contributed by atoms with Crippen molar-refractivity contribution in [3.8, 4) is 11.5 Å². The van der Waals surface area contributed by atoms with Crippen LogP contribution in [-0.4, -0.2) is 37.2 Å². The fourth-order valence-electron chi connectivity index (χ4n) is 3.23. The van der Waals surface area contributed by atoms with Crippen LogP contribution >= 0.6 is 11.3 Å². The largest absolute Gasteiger partial charge is 0.493 e. The van der Waals surface area contributed by atoms with Gasteiger partial charge in [-0.3, -0.25) is 4.79 Å². The average Bonchev–Trinajstić information content (AvgIpc) is 3.06. The summed E-state index contributed by atoms with van der Waals surface area (Å²) in [5.74, 6) is 1.24. The summed E-state index contributed by atoms with van der Waals surface area (Å²) in [7, 11) is 1.61. The van der Waals surface area contributed by atoms with Gasteiger partial charge in [-0.15, -0.1) is 0 Å². The third-order valence-corrected chi connectivity index (χ3v) is 5.74. The van der Waals surface area contributed by atoms with E-state index in [9.17, 15) is 4.79 Å². The quantitative estimate of drug-likeness (QED) is 0.668. The molecule has 0 atom stereocenters. The molecule has 2 aromatic rings. The smallest absolute Gasteiger partial charge is 0.263 e. The molecule has 1 aliphatic rings. The molecule has 0 unspecified atom stereocenters. The second-order valence-corrected chi connectivity index (χ2v) is 7.67. The number of ether oxygens (including phenoxy) is 2. The number of anilines is 1. The Labute approximate surface area is 164 Å². The number of para-hydroxylation sites is 2. The number of amides is 1. The molecular formula is C20H27N3O3S. The molecule has 0 radical (unpaired) electrons. The summed E-state index contributed by atoms with van der Waals surface area (Å²) in [6.07, 6.45) is 6.21. The van der Waals surface area contributed by atoms with Crippen molar-refractivity contribution in [1.29, 1.82) is 0 Å². The summed E-state index contributed by atoms with van der Waals surface area (Å²) in [5.41, 5.74) is 0.765. The lowest BCUT2D eigenvalue weighted by Crippen LogP contribution is -2.28. The van der Waals surface area contributed by atoms with Gasteiger partial charge in [0.2, 0.25) is 0 Å². The summed E-state index contributed by atoms with van der Waals surface area (Å²) >= 11 is 1.43. The Hall–Kier alpha value is -2.28. The van der Waals surface area contributed by atoms with Crippen LogP contribution in [0.3, 0.4) is 0 Å². The summed E-state index contributed by atoms with van der Waals surface area (Å²) in [4.78, 5) is 17.6. The van der Waals surface area contributed by atoms with Gasteiger partial charge >= 0.3 is 0 Å². The fraction of sp³-hybridized carbons (Fsp3) is 0.500. The van der Waals surface area contributed by atoms with Crippen LogP contribution in [0.5, 0.6) is 11.5 Å². The van der Waals surface area contributed by atoms with Gasteiger partial charge in [0.05, 0.1) is 19.3 Å². The van der Waals surface area contributed by atoms with Crippen molar-refractivity contribution in [3.05, 3.63) is 34.8 Å². The van der Waals surface area contributed by atoms with Gasteiger partial charge in [0.1, 0.15) is 11.5 Å². The SMILES string of the molecule is COc1ccccc1OCCNC(=O)c1sc(NC2CCCCC2)nc1C. The van der Waals surface area contributed by atoms with Gasteiger partial charge in [-0.1, -0.05) is 42.7 Å². The predicted molar refractivity (Wildman–Crippen MR) is 108 cm³/mol. The minimum atomic E-state index is -0.106. The van der Waals surface area contributed by atoms with E-state index in [-0.39, 0.29) is 5.91 Å². The maximum absolute atomic E-state index is 12.5. The zero-order valence-corrected chi connectivity index (χ0v) is 16.7. The topological polar surface area (TPSA) is 72.5 Å². The molecule has 6 nitrogen and oxygen atoms in total. The average molecular weight is 390 g/mol. The lowest BCUT2D eigenvalue weighted by molar-refractivity contribution is 0.0950. The first-order chi connectivity index (χ1) is 13.2. The molecule has 0 saturated heterocycles. The molecule has 0 aliphatic heterocycles. The molecule has 1 aromatic heterocycles. The molecule has 1 aliphatic carbocycles. The van der Waals surface area contributed by atoms with Crippen molar-refractivity contribution >= 4 is 22.4 Å². The standard InChI is InChI=1S/C20H27N3O3S/c1-14-18(27-20(22-14)23-15-8-4-3-5-9-15)19(24)21-12-13-26-17-11-7-6-10-16(17)25-2/h6-7,10-11,15H,3-5,8-9,12-13H2,1-2H3,(H,21,24)(H,22,23). The lowest BCUT2D eigenvalue weighted by Gasteiger charge is -2.22. The Morgan fingerprint density at radius 2 is 1.96 bits per heavy atom. The van der Waals surface area contributed by atoms with Gasteiger partial charge in [-0.2, -0.15) is 0 Å². The number of nitrogens with one attached hydrogen (secondary N) is 2. The highest BCUT2D eigenvalue weighted by atomic mass is 32.1. The van der Waals surface area contributed by atoms with Crippen molar-refractivity contribution in [2.24, 2.45) is 0 Å². The van der Waals surface area contributed by atoms with Crippen molar-refractivity contribution in [2.75, 3.05) is 25.6 Å². The van der Waals surface area contributed by atoms with E-state index in [4.69, 9.17) is 9.47 Å². The van der Waals surface area contributed by atoms with E-state index in [1.54, 1.807) is 7.11 Å². The number of methoxy groups -OCH3 is 1. The van der Waals surface area contributed by atoms with Gasteiger partial charge in [-0.25, -0.2) is 4.98 Å². The van der Waals surface area contributed by atoms with E-state index in [2.05, 4.69) is 15.6 Å². The Morgan fingerprint density at radius 3 is 2.70 bits per heavy atom. The zero-order valence-electron chi connectivity index (χ0n) is 15.9. The number of aryl methyl sites for hydroxylation is 1. The maximum atomic E-state index is 12.5. The molecule has 1 heterocycles. The number of benzene rings is 1. The lowest BCUT2D eigenvalue weighted by atomic mass is 9.96. The summed E-state index contributed by atoms with van der Waals surface area (Å²) in [6.45, 7) is 2.67. The Kier molecular flexibility index (Phi) is 6.92. The monoisotopic (exact) mass is 389 g/mol. The molecule has 0 spiro atoms. The number of carbonyl (C=O) groups is 1. The first-order valence-corrected chi connectivity index (χ1v) is 10.3. The van der Waals surface area contributed by atoms with Crippen molar-refractivity contribution in [3.63, 3.8) is 0 Å². The van der Waals surface area contributed by atoms with Gasteiger partial charge in [0, 0.05) is 6.04 Å². The third kappa shape index (κ3) is 5.35. The van der Waals surface area contributed by atoms with Crippen molar-refractivity contribution in [1.82, 2.24) is 10.3 Å². The molecule has 1 fully saturated rings. The summed E-state index contributed by atoms with van der Waals surface area (Å²) in [5, 5.41) is 7.23. The second-order valence-electron chi connectivity index (χ2n) is 6.67. The molecule has 7 heteroatoms. The Bertz CT molecular complexity index is 757. The molecule has 2 N–H and O–H groups in total. The highest BCUT2D eigenvalue weighted by Crippen LogP contribution is 2.27. The van der Waals surface area contributed by atoms with Gasteiger partial charge in [0.15, 0.2) is 16.6 Å². The van der Waals surface area contributed by atoms with Crippen LogP contribution in [0.4, 0.5) is 5.13 Å².